The molecule has 0 amide bonds. The molecule has 1 aromatic rings. The van der Waals surface area contributed by atoms with Crippen LogP contribution >= 0.6 is 0 Å². The van der Waals surface area contributed by atoms with Gasteiger partial charge in [-0.05, 0) is 20.0 Å². The lowest BCUT2D eigenvalue weighted by molar-refractivity contribution is 0.574. The second-order valence-corrected chi connectivity index (χ2v) is 2.82. The van der Waals surface area contributed by atoms with E-state index >= 15 is 0 Å². The minimum absolute atomic E-state index is 0.274. The van der Waals surface area contributed by atoms with Crippen LogP contribution in [-0.2, 0) is 0 Å². The van der Waals surface area contributed by atoms with Gasteiger partial charge < -0.3 is 10.2 Å². The zero-order valence-electron chi connectivity index (χ0n) is 7.84. The zero-order chi connectivity index (χ0) is 9.68. The van der Waals surface area contributed by atoms with E-state index in [1.165, 1.54) is 0 Å². The highest BCUT2D eigenvalue weighted by Crippen LogP contribution is 2.09. The summed E-state index contributed by atoms with van der Waals surface area (Å²) in [5.41, 5.74) is 0. The average Bonchev–Trinajstić information content (AvgIpc) is 2.52. The first-order valence-corrected chi connectivity index (χ1v) is 4.17. The zero-order valence-corrected chi connectivity index (χ0v) is 7.84. The van der Waals surface area contributed by atoms with Crippen molar-refractivity contribution < 1.29 is 4.39 Å². The first-order chi connectivity index (χ1) is 6.25. The fraction of sp³-hybridized carbons (Fsp3) is 0.714. The van der Waals surface area contributed by atoms with Gasteiger partial charge in [0.25, 0.3) is 5.95 Å². The Balaban J connectivity index is 2.39. The van der Waals surface area contributed by atoms with Gasteiger partial charge in [-0.2, -0.15) is 9.60 Å². The molecule has 1 aromatic heterocycles. The predicted molar refractivity (Wildman–Crippen MR) is 48.2 cm³/mol. The first-order valence-electron chi connectivity index (χ1n) is 4.17. The largest absolute Gasteiger partial charge is 0.354 e. The summed E-state index contributed by atoms with van der Waals surface area (Å²) in [6, 6.07) is 0. The number of H-pyrrole nitrogens is 1. The molecule has 0 aliphatic carbocycles. The van der Waals surface area contributed by atoms with Crippen molar-refractivity contribution in [2.45, 2.75) is 6.42 Å². The Morgan fingerprint density at radius 2 is 2.31 bits per heavy atom. The van der Waals surface area contributed by atoms with Crippen LogP contribution in [0, 0.1) is 5.95 Å². The van der Waals surface area contributed by atoms with Gasteiger partial charge in [-0.3, -0.25) is 0 Å². The Hall–Kier alpha value is -1.17. The number of hydrogen-bond donors (Lipinski definition) is 2. The molecule has 0 bridgehead atoms. The minimum atomic E-state index is -0.549. The van der Waals surface area contributed by atoms with Gasteiger partial charge in [-0.15, -0.1) is 10.2 Å². The maximum atomic E-state index is 12.8. The fourth-order valence-electron chi connectivity index (χ4n) is 1.05. The summed E-state index contributed by atoms with van der Waals surface area (Å²) in [5, 5.41) is 12.3. The third kappa shape index (κ3) is 2.66. The van der Waals surface area contributed by atoms with Gasteiger partial charge in [0.2, 0.25) is 5.82 Å². The highest BCUT2D eigenvalue weighted by atomic mass is 19.1. The van der Waals surface area contributed by atoms with E-state index in [-0.39, 0.29) is 5.82 Å². The third-order valence-electron chi connectivity index (χ3n) is 1.77. The van der Waals surface area contributed by atoms with Crippen LogP contribution in [0.5, 0.6) is 0 Å². The van der Waals surface area contributed by atoms with Gasteiger partial charge >= 0.3 is 0 Å². The molecule has 0 spiro atoms. The van der Waals surface area contributed by atoms with E-state index in [0.717, 1.165) is 19.5 Å². The molecule has 1 rings (SSSR count). The normalized spacial score (nSPS) is 10.4. The lowest BCUT2D eigenvalue weighted by Crippen LogP contribution is -2.23. The predicted octanol–water partition coefficient (Wildman–Crippen LogP) is -0.0105. The van der Waals surface area contributed by atoms with Gasteiger partial charge in [0, 0.05) is 13.6 Å². The molecule has 2 N–H and O–H groups in total. The monoisotopic (exact) mass is 187 g/mol. The van der Waals surface area contributed by atoms with E-state index in [2.05, 4.69) is 20.7 Å². The van der Waals surface area contributed by atoms with Gasteiger partial charge in [0.1, 0.15) is 0 Å². The topological polar surface area (TPSA) is 56.8 Å². The van der Waals surface area contributed by atoms with Crippen molar-refractivity contribution in [2.75, 3.05) is 32.1 Å². The van der Waals surface area contributed by atoms with E-state index in [4.69, 9.17) is 0 Å². The van der Waals surface area contributed by atoms with Gasteiger partial charge in [-0.25, -0.2) is 0 Å². The molecule has 0 aliphatic rings. The van der Waals surface area contributed by atoms with Gasteiger partial charge in [-0.1, -0.05) is 0 Å². The maximum absolute atomic E-state index is 12.8. The van der Waals surface area contributed by atoms with Crippen LogP contribution < -0.4 is 10.2 Å². The molecule has 0 atom stereocenters. The van der Waals surface area contributed by atoms with Crippen LogP contribution in [-0.4, -0.2) is 42.6 Å². The van der Waals surface area contributed by atoms with Crippen molar-refractivity contribution in [3.05, 3.63) is 5.95 Å². The van der Waals surface area contributed by atoms with Crippen molar-refractivity contribution in [3.8, 4) is 0 Å². The quantitative estimate of drug-likeness (QED) is 0.636. The number of aromatic amines is 1. The summed E-state index contributed by atoms with van der Waals surface area (Å²) in [4.78, 5) is 1.73. The lowest BCUT2D eigenvalue weighted by atomic mass is 10.4. The van der Waals surface area contributed by atoms with Crippen LogP contribution in [0.15, 0.2) is 0 Å². The summed E-state index contributed by atoms with van der Waals surface area (Å²) >= 11 is 0. The number of nitrogens with one attached hydrogen (secondary N) is 2. The Morgan fingerprint density at radius 3 is 2.85 bits per heavy atom. The second kappa shape index (κ2) is 4.76. The number of halogens is 1. The Bertz CT molecular complexity index is 249. The minimum Gasteiger partial charge on any atom is -0.354 e. The summed E-state index contributed by atoms with van der Waals surface area (Å²) in [7, 11) is 3.67. The summed E-state index contributed by atoms with van der Waals surface area (Å²) in [5.74, 6) is -0.275. The van der Waals surface area contributed by atoms with Crippen LogP contribution in [0.1, 0.15) is 6.42 Å². The van der Waals surface area contributed by atoms with E-state index in [9.17, 15) is 4.39 Å². The molecule has 13 heavy (non-hydrogen) atoms. The van der Waals surface area contributed by atoms with Gasteiger partial charge in [0.15, 0.2) is 0 Å². The Labute approximate surface area is 76.3 Å². The van der Waals surface area contributed by atoms with Crippen molar-refractivity contribution in [2.24, 2.45) is 0 Å². The van der Waals surface area contributed by atoms with Crippen molar-refractivity contribution >= 4 is 5.82 Å². The third-order valence-corrected chi connectivity index (χ3v) is 1.77. The lowest BCUT2D eigenvalue weighted by Gasteiger charge is -2.14. The molecule has 74 valence electrons. The summed E-state index contributed by atoms with van der Waals surface area (Å²) < 4.78 is 12.8. The summed E-state index contributed by atoms with van der Waals surface area (Å²) in [6.45, 7) is 1.66. The van der Waals surface area contributed by atoms with Crippen LogP contribution in [0.4, 0.5) is 10.2 Å². The molecular formula is C7H14FN5. The highest BCUT2D eigenvalue weighted by molar-refractivity contribution is 5.33. The molecule has 0 aromatic carbocycles. The van der Waals surface area contributed by atoms with Crippen LogP contribution in [0.25, 0.3) is 0 Å². The SMILES string of the molecule is CNCCCN(C)c1n[nH]nc1F. The van der Waals surface area contributed by atoms with Crippen molar-refractivity contribution in [3.63, 3.8) is 0 Å². The van der Waals surface area contributed by atoms with Crippen molar-refractivity contribution in [1.29, 1.82) is 0 Å². The number of anilines is 1. The molecule has 6 heteroatoms. The van der Waals surface area contributed by atoms with E-state index < -0.39 is 5.95 Å². The second-order valence-electron chi connectivity index (χ2n) is 2.82. The molecule has 1 heterocycles. The molecule has 0 saturated carbocycles. The molecular weight excluding hydrogens is 173 g/mol. The smallest absolute Gasteiger partial charge is 0.276 e. The van der Waals surface area contributed by atoms with E-state index in [0.29, 0.717) is 0 Å². The molecule has 0 radical (unpaired) electrons. The number of rotatable bonds is 5. The standard InChI is InChI=1S/C7H14FN5/c1-9-4-3-5-13(2)7-6(8)10-12-11-7/h9H,3-5H2,1-2H3,(H,10,11,12). The van der Waals surface area contributed by atoms with Crippen LogP contribution in [0.3, 0.4) is 0 Å². The average molecular weight is 187 g/mol. The molecule has 0 fully saturated rings. The fourth-order valence-corrected chi connectivity index (χ4v) is 1.05. The number of hydrogen-bond acceptors (Lipinski definition) is 4. The number of aromatic nitrogens is 3. The van der Waals surface area contributed by atoms with Crippen molar-refractivity contribution in [1.82, 2.24) is 20.7 Å². The molecule has 0 aliphatic heterocycles. The highest BCUT2D eigenvalue weighted by Gasteiger charge is 2.10. The Kier molecular flexibility index (Phi) is 3.63. The van der Waals surface area contributed by atoms with Crippen LogP contribution in [0.2, 0.25) is 0 Å². The molecule has 0 unspecified atom stereocenters. The summed E-state index contributed by atoms with van der Waals surface area (Å²) in [6.07, 6.45) is 0.944. The Morgan fingerprint density at radius 1 is 1.54 bits per heavy atom. The molecule has 5 nitrogen and oxygen atoms in total. The number of nitrogens with zero attached hydrogens (tertiary/aromatic N) is 3. The van der Waals surface area contributed by atoms with E-state index in [1.807, 2.05) is 7.05 Å². The van der Waals surface area contributed by atoms with Gasteiger partial charge in [0.05, 0.1) is 0 Å². The van der Waals surface area contributed by atoms with E-state index in [1.54, 1.807) is 11.9 Å². The first kappa shape index (κ1) is 9.91. The molecule has 0 saturated heterocycles. The maximum Gasteiger partial charge on any atom is 0.276 e.